The second-order valence-electron chi connectivity index (χ2n) is 4.46. The topological polar surface area (TPSA) is 61.4 Å². The number of ether oxygens (including phenoxy) is 1. The molecule has 2 N–H and O–H groups in total. The highest BCUT2D eigenvalue weighted by Crippen LogP contribution is 2.25. The number of likely N-dealkylation sites (tertiary alicyclic amines) is 1. The molecule has 1 fully saturated rings. The Kier molecular flexibility index (Phi) is 4.97. The number of hydrogen-bond acceptors (Lipinski definition) is 4. The van der Waals surface area contributed by atoms with Gasteiger partial charge in [0.15, 0.2) is 0 Å². The molecule has 5 heteroatoms. The van der Waals surface area contributed by atoms with Crippen molar-refractivity contribution in [2.75, 3.05) is 39.5 Å². The summed E-state index contributed by atoms with van der Waals surface area (Å²) in [6.45, 7) is 4.48. The highest BCUT2D eigenvalue weighted by molar-refractivity contribution is 5.06. The van der Waals surface area contributed by atoms with Crippen molar-refractivity contribution >= 4 is 0 Å². The van der Waals surface area contributed by atoms with E-state index in [0.717, 1.165) is 26.2 Å². The zero-order valence-electron chi connectivity index (χ0n) is 10.1. The molecule has 17 heavy (non-hydrogen) atoms. The average molecular weight is 239 g/mol. The van der Waals surface area contributed by atoms with Gasteiger partial charge in [0.2, 0.25) is 0 Å². The smallest absolute Gasteiger partial charge is 0.0698 e. The maximum absolute atomic E-state index is 8.60. The molecule has 2 heterocycles. The molecule has 1 aliphatic rings. The van der Waals surface area contributed by atoms with Gasteiger partial charge in [-0.25, -0.2) is 0 Å². The van der Waals surface area contributed by atoms with Gasteiger partial charge in [0, 0.05) is 24.4 Å². The summed E-state index contributed by atoms with van der Waals surface area (Å²) in [4.78, 5) is 2.42. The van der Waals surface area contributed by atoms with Gasteiger partial charge >= 0.3 is 0 Å². The van der Waals surface area contributed by atoms with Gasteiger partial charge in [-0.2, -0.15) is 5.10 Å². The second-order valence-corrected chi connectivity index (χ2v) is 4.46. The van der Waals surface area contributed by atoms with E-state index in [2.05, 4.69) is 21.2 Å². The van der Waals surface area contributed by atoms with Gasteiger partial charge in [-0.05, 0) is 32.0 Å². The third kappa shape index (κ3) is 3.80. The zero-order valence-corrected chi connectivity index (χ0v) is 10.1. The van der Waals surface area contributed by atoms with Crippen LogP contribution in [0.5, 0.6) is 0 Å². The molecule has 96 valence electrons. The van der Waals surface area contributed by atoms with Crippen LogP contribution in [0, 0.1) is 0 Å². The van der Waals surface area contributed by atoms with Crippen LogP contribution in [0.3, 0.4) is 0 Å². The second kappa shape index (κ2) is 6.74. The van der Waals surface area contributed by atoms with Crippen molar-refractivity contribution in [1.82, 2.24) is 15.1 Å². The van der Waals surface area contributed by atoms with Crippen molar-refractivity contribution in [1.29, 1.82) is 0 Å². The summed E-state index contributed by atoms with van der Waals surface area (Å²) in [6.07, 6.45) is 4.19. The normalized spacial score (nSPS) is 18.6. The molecule has 5 nitrogen and oxygen atoms in total. The highest BCUT2D eigenvalue weighted by atomic mass is 16.5. The molecule has 0 spiro atoms. The molecule has 0 aromatic carbocycles. The largest absolute Gasteiger partial charge is 0.394 e. The first-order valence-electron chi connectivity index (χ1n) is 6.30. The number of hydrogen-bond donors (Lipinski definition) is 2. The van der Waals surface area contributed by atoms with Crippen molar-refractivity contribution < 1.29 is 9.84 Å². The lowest BCUT2D eigenvalue weighted by molar-refractivity contribution is 0.0678. The van der Waals surface area contributed by atoms with Crippen LogP contribution >= 0.6 is 0 Å². The van der Waals surface area contributed by atoms with Gasteiger partial charge in [0.05, 0.1) is 19.8 Å². The van der Waals surface area contributed by atoms with Crippen molar-refractivity contribution in [3.8, 4) is 0 Å². The Morgan fingerprint density at radius 3 is 2.88 bits per heavy atom. The predicted octanol–water partition coefficient (Wildman–Crippen LogP) is 0.598. The van der Waals surface area contributed by atoms with Crippen molar-refractivity contribution in [3.05, 3.63) is 18.0 Å². The number of aliphatic hydroxyl groups is 1. The molecule has 1 saturated heterocycles. The van der Waals surface area contributed by atoms with Crippen LogP contribution in [0.25, 0.3) is 0 Å². The fourth-order valence-electron chi connectivity index (χ4n) is 2.32. The minimum atomic E-state index is 0.113. The van der Waals surface area contributed by atoms with E-state index >= 15 is 0 Å². The Balaban J connectivity index is 1.64. The van der Waals surface area contributed by atoms with Gasteiger partial charge < -0.3 is 14.7 Å². The van der Waals surface area contributed by atoms with E-state index in [0.29, 0.717) is 12.5 Å². The molecule has 1 aromatic heterocycles. The molecule has 0 aliphatic carbocycles. The van der Waals surface area contributed by atoms with Crippen LogP contribution in [-0.2, 0) is 4.74 Å². The van der Waals surface area contributed by atoms with Crippen LogP contribution < -0.4 is 0 Å². The number of aromatic nitrogens is 2. The number of rotatable bonds is 6. The van der Waals surface area contributed by atoms with Crippen LogP contribution in [0.2, 0.25) is 0 Å². The summed E-state index contributed by atoms with van der Waals surface area (Å²) in [5.74, 6) is 0.632. The summed E-state index contributed by atoms with van der Waals surface area (Å²) in [5, 5.41) is 15.7. The Bertz CT molecular complexity index is 295. The Morgan fingerprint density at radius 2 is 2.24 bits per heavy atom. The van der Waals surface area contributed by atoms with Crippen molar-refractivity contribution in [2.24, 2.45) is 0 Å². The minimum absolute atomic E-state index is 0.113. The maximum atomic E-state index is 8.60. The van der Waals surface area contributed by atoms with Gasteiger partial charge in [-0.3, -0.25) is 5.10 Å². The van der Waals surface area contributed by atoms with Gasteiger partial charge in [0.25, 0.3) is 0 Å². The lowest BCUT2D eigenvalue weighted by Gasteiger charge is -2.31. The zero-order chi connectivity index (χ0) is 11.9. The molecule has 0 unspecified atom stereocenters. The van der Waals surface area contributed by atoms with Crippen LogP contribution in [0.1, 0.15) is 24.5 Å². The first-order chi connectivity index (χ1) is 8.40. The number of nitrogens with one attached hydrogen (secondary N) is 1. The number of piperidine rings is 1. The quantitative estimate of drug-likeness (QED) is 0.714. The monoisotopic (exact) mass is 239 g/mol. The van der Waals surface area contributed by atoms with Gasteiger partial charge in [-0.15, -0.1) is 0 Å². The minimum Gasteiger partial charge on any atom is -0.394 e. The van der Waals surface area contributed by atoms with Crippen LogP contribution in [0.15, 0.2) is 12.3 Å². The van der Waals surface area contributed by atoms with E-state index in [-0.39, 0.29) is 6.61 Å². The molecular formula is C12H21N3O2. The van der Waals surface area contributed by atoms with Crippen molar-refractivity contribution in [2.45, 2.75) is 18.8 Å². The third-order valence-corrected chi connectivity index (χ3v) is 3.34. The SMILES string of the molecule is OCCOCCN1CCC(c2ccn[nH]2)CC1. The van der Waals surface area contributed by atoms with Crippen LogP contribution in [0.4, 0.5) is 0 Å². The standard InChI is InChI=1S/C12H21N3O2/c16-8-10-17-9-7-15-5-2-11(3-6-15)12-1-4-13-14-12/h1,4,11,16H,2-3,5-10H2,(H,13,14). The summed E-state index contributed by atoms with van der Waals surface area (Å²) in [6, 6.07) is 2.07. The number of H-pyrrole nitrogens is 1. The van der Waals surface area contributed by atoms with E-state index in [9.17, 15) is 0 Å². The summed E-state index contributed by atoms with van der Waals surface area (Å²) >= 11 is 0. The molecule has 2 rings (SSSR count). The highest BCUT2D eigenvalue weighted by Gasteiger charge is 2.20. The number of aromatic amines is 1. The lowest BCUT2D eigenvalue weighted by Crippen LogP contribution is -2.35. The fraction of sp³-hybridized carbons (Fsp3) is 0.750. The number of aliphatic hydroxyl groups excluding tert-OH is 1. The van der Waals surface area contributed by atoms with Crippen molar-refractivity contribution in [3.63, 3.8) is 0 Å². The third-order valence-electron chi connectivity index (χ3n) is 3.34. The summed E-state index contributed by atoms with van der Waals surface area (Å²) in [5.41, 5.74) is 1.26. The molecule has 0 bridgehead atoms. The Morgan fingerprint density at radius 1 is 1.41 bits per heavy atom. The first kappa shape index (κ1) is 12.5. The molecular weight excluding hydrogens is 218 g/mol. The maximum Gasteiger partial charge on any atom is 0.0698 e. The van der Waals surface area contributed by atoms with Gasteiger partial charge in [0.1, 0.15) is 0 Å². The fourth-order valence-corrected chi connectivity index (χ4v) is 2.32. The van der Waals surface area contributed by atoms with Gasteiger partial charge in [-0.1, -0.05) is 0 Å². The van der Waals surface area contributed by atoms with E-state index in [1.807, 2.05) is 6.20 Å². The van der Waals surface area contributed by atoms with Crippen LogP contribution in [-0.4, -0.2) is 59.7 Å². The lowest BCUT2D eigenvalue weighted by atomic mass is 9.94. The summed E-state index contributed by atoms with van der Waals surface area (Å²) < 4.78 is 5.28. The Labute approximate surface area is 102 Å². The predicted molar refractivity (Wildman–Crippen MR) is 64.9 cm³/mol. The molecule has 1 aliphatic heterocycles. The van der Waals surface area contributed by atoms with E-state index in [1.165, 1.54) is 18.5 Å². The van der Waals surface area contributed by atoms with E-state index in [4.69, 9.17) is 9.84 Å². The summed E-state index contributed by atoms with van der Waals surface area (Å²) in [7, 11) is 0. The molecule has 0 amide bonds. The molecule has 0 atom stereocenters. The molecule has 0 saturated carbocycles. The van der Waals surface area contributed by atoms with E-state index < -0.39 is 0 Å². The average Bonchev–Trinajstić information content (AvgIpc) is 2.89. The first-order valence-corrected chi connectivity index (χ1v) is 6.30. The number of nitrogens with zero attached hydrogens (tertiary/aromatic N) is 2. The molecule has 0 radical (unpaired) electrons. The molecule has 1 aromatic rings. The Hall–Kier alpha value is -0.910. The van der Waals surface area contributed by atoms with E-state index in [1.54, 1.807) is 0 Å².